The molecule has 1 aliphatic rings. The van der Waals surface area contributed by atoms with Gasteiger partial charge in [0.15, 0.2) is 6.61 Å². The highest BCUT2D eigenvalue weighted by molar-refractivity contribution is 6.33. The van der Waals surface area contributed by atoms with Gasteiger partial charge in [-0.3, -0.25) is 9.59 Å². The maximum atomic E-state index is 12.9. The van der Waals surface area contributed by atoms with Crippen molar-refractivity contribution >= 4 is 34.8 Å². The second-order valence-electron chi connectivity index (χ2n) is 10.4. The number of amides is 2. The molecule has 0 bridgehead atoms. The first-order valence-electron chi connectivity index (χ1n) is 12.5. The van der Waals surface area contributed by atoms with Gasteiger partial charge in [-0.25, -0.2) is 0 Å². The van der Waals surface area contributed by atoms with Crippen LogP contribution in [0.4, 0.5) is 11.4 Å². The molecule has 4 rings (SSSR count). The number of carbonyl (C=O) groups excluding carboxylic acids is 2. The van der Waals surface area contributed by atoms with E-state index >= 15 is 0 Å². The van der Waals surface area contributed by atoms with Gasteiger partial charge in [0.05, 0.1) is 10.7 Å². The fourth-order valence-corrected chi connectivity index (χ4v) is 4.67. The summed E-state index contributed by atoms with van der Waals surface area (Å²) in [7, 11) is 0. The summed E-state index contributed by atoms with van der Waals surface area (Å²) < 4.78 is 5.64. The number of carbonyl (C=O) groups is 2. The van der Waals surface area contributed by atoms with Gasteiger partial charge in [-0.1, -0.05) is 62.7 Å². The first kappa shape index (κ1) is 26.6. The fraction of sp³-hybridized carbons (Fsp3) is 0.333. The van der Waals surface area contributed by atoms with Crippen LogP contribution in [0.15, 0.2) is 66.7 Å². The molecule has 3 aromatic carbocycles. The number of anilines is 2. The monoisotopic (exact) mass is 519 g/mol. The van der Waals surface area contributed by atoms with Gasteiger partial charge in [-0.15, -0.1) is 0 Å². The predicted molar refractivity (Wildman–Crippen MR) is 150 cm³/mol. The third-order valence-electron chi connectivity index (χ3n) is 6.60. The number of hydrogen-bond donors (Lipinski definition) is 1. The van der Waals surface area contributed by atoms with E-state index in [9.17, 15) is 9.59 Å². The van der Waals surface area contributed by atoms with E-state index in [1.165, 1.54) is 5.56 Å². The van der Waals surface area contributed by atoms with Crippen molar-refractivity contribution in [3.8, 4) is 5.75 Å². The lowest BCUT2D eigenvalue weighted by Gasteiger charge is -2.36. The van der Waals surface area contributed by atoms with E-state index in [2.05, 4.69) is 31.0 Å². The number of nitrogens with zero attached hydrogens (tertiary/aromatic N) is 2. The fourth-order valence-electron chi connectivity index (χ4n) is 4.37. The van der Waals surface area contributed by atoms with E-state index in [-0.39, 0.29) is 23.8 Å². The van der Waals surface area contributed by atoms with Crippen molar-refractivity contribution in [2.24, 2.45) is 0 Å². The van der Waals surface area contributed by atoms with Crippen molar-refractivity contribution in [1.82, 2.24) is 4.90 Å². The number of hydrogen-bond acceptors (Lipinski definition) is 4. The summed E-state index contributed by atoms with van der Waals surface area (Å²) in [5.41, 5.74) is 4.50. The largest absolute Gasteiger partial charge is 0.484 e. The molecule has 0 atom stereocenters. The first-order chi connectivity index (χ1) is 17.6. The molecule has 0 unspecified atom stereocenters. The second-order valence-corrected chi connectivity index (χ2v) is 10.8. The Morgan fingerprint density at radius 1 is 0.946 bits per heavy atom. The van der Waals surface area contributed by atoms with Crippen molar-refractivity contribution < 1.29 is 14.3 Å². The lowest BCUT2D eigenvalue weighted by atomic mass is 9.87. The number of aryl methyl sites for hydroxylation is 1. The number of piperazine rings is 1. The van der Waals surface area contributed by atoms with Crippen molar-refractivity contribution in [2.45, 2.75) is 33.1 Å². The highest BCUT2D eigenvalue weighted by atomic mass is 35.5. The number of rotatable bonds is 6. The molecule has 0 radical (unpaired) electrons. The molecule has 0 aliphatic carbocycles. The molecule has 37 heavy (non-hydrogen) atoms. The molecular weight excluding hydrogens is 486 g/mol. The highest BCUT2D eigenvalue weighted by Gasteiger charge is 2.24. The minimum atomic E-state index is -0.257. The minimum absolute atomic E-state index is 0.0631. The summed E-state index contributed by atoms with van der Waals surface area (Å²) in [6, 6.07) is 21.0. The van der Waals surface area contributed by atoms with Gasteiger partial charge in [-0.05, 0) is 59.9 Å². The number of halogens is 1. The van der Waals surface area contributed by atoms with Gasteiger partial charge in [-0.2, -0.15) is 0 Å². The number of benzene rings is 3. The van der Waals surface area contributed by atoms with Gasteiger partial charge in [0, 0.05) is 37.4 Å². The maximum absolute atomic E-state index is 12.9. The van der Waals surface area contributed by atoms with Crippen LogP contribution in [0, 0.1) is 6.92 Å². The summed E-state index contributed by atoms with van der Waals surface area (Å²) in [5.74, 6) is 0.456. The quantitative estimate of drug-likeness (QED) is 0.438. The Morgan fingerprint density at radius 3 is 2.24 bits per heavy atom. The van der Waals surface area contributed by atoms with Gasteiger partial charge in [0.1, 0.15) is 5.75 Å². The van der Waals surface area contributed by atoms with Crippen LogP contribution in [0.1, 0.15) is 42.3 Å². The summed E-state index contributed by atoms with van der Waals surface area (Å²) in [5, 5.41) is 3.40. The Balaban J connectivity index is 1.29. The third-order valence-corrected chi connectivity index (χ3v) is 6.91. The predicted octanol–water partition coefficient (Wildman–Crippen LogP) is 5.93. The SMILES string of the molecule is Cc1ccccc1C(=O)N1CCN(c2ccc(NC(=O)COc3ccc(C(C)(C)C)cc3)cc2Cl)CC1. The van der Waals surface area contributed by atoms with Crippen molar-refractivity contribution in [1.29, 1.82) is 0 Å². The molecular formula is C30H34ClN3O3. The third kappa shape index (κ3) is 6.63. The topological polar surface area (TPSA) is 61.9 Å². The summed E-state index contributed by atoms with van der Waals surface area (Å²) in [6.45, 7) is 10.9. The van der Waals surface area contributed by atoms with Crippen LogP contribution in [0.5, 0.6) is 5.75 Å². The summed E-state index contributed by atoms with van der Waals surface area (Å²) in [6.07, 6.45) is 0. The van der Waals surface area contributed by atoms with Crippen LogP contribution in [0.3, 0.4) is 0 Å². The van der Waals surface area contributed by atoms with E-state index in [1.54, 1.807) is 6.07 Å². The van der Waals surface area contributed by atoms with E-state index < -0.39 is 0 Å². The van der Waals surface area contributed by atoms with Crippen molar-refractivity contribution in [3.63, 3.8) is 0 Å². The molecule has 1 N–H and O–H groups in total. The molecule has 1 aliphatic heterocycles. The lowest BCUT2D eigenvalue weighted by molar-refractivity contribution is -0.118. The molecule has 0 saturated carbocycles. The summed E-state index contributed by atoms with van der Waals surface area (Å²) in [4.78, 5) is 29.4. The number of nitrogens with one attached hydrogen (secondary N) is 1. The molecule has 0 spiro atoms. The number of ether oxygens (including phenoxy) is 1. The summed E-state index contributed by atoms with van der Waals surface area (Å²) >= 11 is 6.58. The van der Waals surface area contributed by atoms with Gasteiger partial charge < -0.3 is 19.9 Å². The van der Waals surface area contributed by atoms with Crippen LogP contribution >= 0.6 is 11.6 Å². The Bertz CT molecular complexity index is 1260. The Morgan fingerprint density at radius 2 is 1.62 bits per heavy atom. The second kappa shape index (κ2) is 11.3. The molecule has 7 heteroatoms. The van der Waals surface area contributed by atoms with Gasteiger partial charge in [0.2, 0.25) is 0 Å². The maximum Gasteiger partial charge on any atom is 0.262 e. The van der Waals surface area contributed by atoms with Gasteiger partial charge in [0.25, 0.3) is 11.8 Å². The van der Waals surface area contributed by atoms with Crippen LogP contribution in [-0.2, 0) is 10.2 Å². The highest BCUT2D eigenvalue weighted by Crippen LogP contribution is 2.30. The van der Waals surface area contributed by atoms with Gasteiger partial charge >= 0.3 is 0 Å². The molecule has 0 aromatic heterocycles. The lowest BCUT2D eigenvalue weighted by Crippen LogP contribution is -2.49. The molecule has 6 nitrogen and oxygen atoms in total. The smallest absolute Gasteiger partial charge is 0.262 e. The van der Waals surface area contributed by atoms with Crippen molar-refractivity contribution in [3.05, 3.63) is 88.4 Å². The Kier molecular flexibility index (Phi) is 8.08. The minimum Gasteiger partial charge on any atom is -0.484 e. The first-order valence-corrected chi connectivity index (χ1v) is 12.9. The zero-order valence-corrected chi connectivity index (χ0v) is 22.6. The van der Waals surface area contributed by atoms with E-state index in [1.807, 2.05) is 72.5 Å². The molecule has 3 aromatic rings. The van der Waals surface area contributed by atoms with Crippen LogP contribution in [0.2, 0.25) is 5.02 Å². The average molecular weight is 520 g/mol. The molecule has 1 heterocycles. The standard InChI is InChI=1S/C30H34ClN3O3/c1-21-7-5-6-8-25(21)29(36)34-17-15-33(16-18-34)27-14-11-23(19-26(27)31)32-28(35)20-37-24-12-9-22(10-13-24)30(2,3)4/h5-14,19H,15-18,20H2,1-4H3,(H,32,35). The van der Waals surface area contributed by atoms with E-state index in [0.29, 0.717) is 42.6 Å². The normalized spacial score (nSPS) is 13.9. The van der Waals surface area contributed by atoms with Crippen molar-refractivity contribution in [2.75, 3.05) is 43.0 Å². The van der Waals surface area contributed by atoms with Crippen LogP contribution in [0.25, 0.3) is 0 Å². The van der Waals surface area contributed by atoms with Crippen LogP contribution < -0.4 is 15.0 Å². The molecule has 2 amide bonds. The zero-order valence-electron chi connectivity index (χ0n) is 21.9. The molecule has 194 valence electrons. The van der Waals surface area contributed by atoms with E-state index in [0.717, 1.165) is 16.8 Å². The van der Waals surface area contributed by atoms with Crippen LogP contribution in [-0.4, -0.2) is 49.5 Å². The Labute approximate surface area is 224 Å². The zero-order chi connectivity index (χ0) is 26.6. The molecule has 1 saturated heterocycles. The van der Waals surface area contributed by atoms with E-state index in [4.69, 9.17) is 16.3 Å². The Hall–Kier alpha value is -3.51. The molecule has 1 fully saturated rings. The average Bonchev–Trinajstić information content (AvgIpc) is 2.87.